The fourth-order valence-electron chi connectivity index (χ4n) is 1.30. The van der Waals surface area contributed by atoms with Crippen LogP contribution in [0.3, 0.4) is 0 Å². The molecule has 0 aromatic heterocycles. The first-order chi connectivity index (χ1) is 6.70. The van der Waals surface area contributed by atoms with E-state index in [-0.39, 0.29) is 0 Å². The summed E-state index contributed by atoms with van der Waals surface area (Å²) in [4.78, 5) is 2.47. The lowest BCUT2D eigenvalue weighted by molar-refractivity contribution is 0.0329. The summed E-state index contributed by atoms with van der Waals surface area (Å²) in [5.74, 6) is 0.790. The highest BCUT2D eigenvalue weighted by Crippen LogP contribution is 2.01. The van der Waals surface area contributed by atoms with Crippen LogP contribution in [-0.4, -0.2) is 44.3 Å². The van der Waals surface area contributed by atoms with Gasteiger partial charge in [0.05, 0.1) is 13.2 Å². The van der Waals surface area contributed by atoms with Gasteiger partial charge in [-0.1, -0.05) is 20.8 Å². The Morgan fingerprint density at radius 1 is 1.29 bits per heavy atom. The van der Waals surface area contributed by atoms with E-state index in [1.54, 1.807) is 0 Å². The Hall–Kier alpha value is -0.120. The normalized spacial score (nSPS) is 17.8. The Morgan fingerprint density at radius 2 is 1.79 bits per heavy atom. The van der Waals surface area contributed by atoms with E-state index < -0.39 is 0 Å². The van der Waals surface area contributed by atoms with Crippen LogP contribution >= 0.6 is 0 Å². The van der Waals surface area contributed by atoms with E-state index in [2.05, 4.69) is 25.7 Å². The second kappa shape index (κ2) is 9.44. The topological polar surface area (TPSA) is 38.5 Å². The second-order valence-electron chi connectivity index (χ2n) is 4.10. The van der Waals surface area contributed by atoms with Crippen molar-refractivity contribution in [2.24, 2.45) is 11.7 Å². The quantitative estimate of drug-likeness (QED) is 0.750. The maximum atomic E-state index is 5.24. The lowest BCUT2D eigenvalue weighted by Crippen LogP contribution is -2.38. The van der Waals surface area contributed by atoms with Gasteiger partial charge >= 0.3 is 0 Å². The van der Waals surface area contributed by atoms with Crippen molar-refractivity contribution in [3.63, 3.8) is 0 Å². The molecule has 3 heteroatoms. The number of hydrogen-bond donors (Lipinski definition) is 1. The minimum absolute atomic E-state index is 0.790. The number of hydrogen-bond acceptors (Lipinski definition) is 3. The van der Waals surface area contributed by atoms with Gasteiger partial charge in [-0.3, -0.25) is 4.90 Å². The molecule has 1 saturated heterocycles. The standard InChI is InChI=1S/C8H17NO.C3H9N/c1-8(2)7-9-3-5-10-6-4-9;1-2-3-4/h8H,3-7H2,1-2H3;2-4H2,1H3. The number of nitrogens with zero attached hydrogens (tertiary/aromatic N) is 1. The van der Waals surface area contributed by atoms with E-state index in [4.69, 9.17) is 10.5 Å². The predicted octanol–water partition coefficient (Wildman–Crippen LogP) is 1.33. The van der Waals surface area contributed by atoms with Gasteiger partial charge in [0.1, 0.15) is 0 Å². The molecule has 1 heterocycles. The van der Waals surface area contributed by atoms with Crippen LogP contribution < -0.4 is 5.73 Å². The second-order valence-corrected chi connectivity index (χ2v) is 4.10. The molecule has 0 spiro atoms. The Morgan fingerprint density at radius 3 is 2.14 bits per heavy atom. The summed E-state index contributed by atoms with van der Waals surface area (Å²) < 4.78 is 5.24. The third-order valence-electron chi connectivity index (χ3n) is 2.02. The summed E-state index contributed by atoms with van der Waals surface area (Å²) in [7, 11) is 0. The van der Waals surface area contributed by atoms with Crippen molar-refractivity contribution < 1.29 is 4.74 Å². The Bertz CT molecular complexity index is 110. The molecular weight excluding hydrogens is 176 g/mol. The van der Waals surface area contributed by atoms with Crippen LogP contribution in [0, 0.1) is 5.92 Å². The van der Waals surface area contributed by atoms with Crippen molar-refractivity contribution in [3.05, 3.63) is 0 Å². The summed E-state index contributed by atoms with van der Waals surface area (Å²) in [5.41, 5.74) is 5.03. The van der Waals surface area contributed by atoms with Gasteiger partial charge in [0.15, 0.2) is 0 Å². The van der Waals surface area contributed by atoms with Crippen LogP contribution in [0.25, 0.3) is 0 Å². The predicted molar refractivity (Wildman–Crippen MR) is 61.4 cm³/mol. The van der Waals surface area contributed by atoms with E-state index >= 15 is 0 Å². The average Bonchev–Trinajstić information content (AvgIpc) is 2.19. The third-order valence-corrected chi connectivity index (χ3v) is 2.02. The summed E-state index contributed by atoms with van der Waals surface area (Å²) in [6, 6.07) is 0. The molecule has 0 aromatic rings. The lowest BCUT2D eigenvalue weighted by atomic mass is 10.2. The first kappa shape index (κ1) is 13.9. The van der Waals surface area contributed by atoms with E-state index in [9.17, 15) is 0 Å². The molecule has 0 aliphatic carbocycles. The smallest absolute Gasteiger partial charge is 0.0594 e. The van der Waals surface area contributed by atoms with Crippen molar-refractivity contribution >= 4 is 0 Å². The van der Waals surface area contributed by atoms with Crippen LogP contribution in [0.5, 0.6) is 0 Å². The minimum atomic E-state index is 0.790. The highest BCUT2D eigenvalue weighted by atomic mass is 16.5. The van der Waals surface area contributed by atoms with Crippen LogP contribution in [0.1, 0.15) is 27.2 Å². The molecule has 0 unspecified atom stereocenters. The van der Waals surface area contributed by atoms with Crippen LogP contribution in [0.4, 0.5) is 0 Å². The molecule has 86 valence electrons. The highest BCUT2D eigenvalue weighted by Gasteiger charge is 2.10. The van der Waals surface area contributed by atoms with Gasteiger partial charge in [-0.2, -0.15) is 0 Å². The van der Waals surface area contributed by atoms with E-state index in [0.717, 1.165) is 45.2 Å². The van der Waals surface area contributed by atoms with E-state index in [1.807, 2.05) is 0 Å². The largest absolute Gasteiger partial charge is 0.379 e. The van der Waals surface area contributed by atoms with Crippen molar-refractivity contribution in [2.45, 2.75) is 27.2 Å². The molecule has 0 atom stereocenters. The lowest BCUT2D eigenvalue weighted by Gasteiger charge is -2.27. The van der Waals surface area contributed by atoms with Gasteiger partial charge in [-0.15, -0.1) is 0 Å². The maximum Gasteiger partial charge on any atom is 0.0594 e. The molecule has 0 amide bonds. The van der Waals surface area contributed by atoms with E-state index in [1.165, 1.54) is 6.54 Å². The molecule has 1 rings (SSSR count). The highest BCUT2D eigenvalue weighted by molar-refractivity contribution is 4.62. The summed E-state index contributed by atoms with van der Waals surface area (Å²) in [6.07, 6.45) is 1.10. The van der Waals surface area contributed by atoms with Gasteiger partial charge in [0.25, 0.3) is 0 Å². The molecule has 0 radical (unpaired) electrons. The Labute approximate surface area is 88.6 Å². The molecule has 0 bridgehead atoms. The van der Waals surface area contributed by atoms with Crippen molar-refractivity contribution in [2.75, 3.05) is 39.4 Å². The van der Waals surface area contributed by atoms with Crippen molar-refractivity contribution in [1.29, 1.82) is 0 Å². The molecule has 0 saturated carbocycles. The Balaban J connectivity index is 0.000000364. The first-order valence-electron chi connectivity index (χ1n) is 5.70. The fraction of sp³-hybridized carbons (Fsp3) is 1.00. The number of morpholine rings is 1. The SMILES string of the molecule is CC(C)CN1CCOCC1.CCCN. The zero-order valence-electron chi connectivity index (χ0n) is 9.96. The van der Waals surface area contributed by atoms with Gasteiger partial charge < -0.3 is 10.5 Å². The molecule has 3 nitrogen and oxygen atoms in total. The number of rotatable bonds is 3. The van der Waals surface area contributed by atoms with Gasteiger partial charge in [0, 0.05) is 19.6 Å². The molecule has 1 aliphatic heterocycles. The summed E-state index contributed by atoms with van der Waals surface area (Å²) in [6.45, 7) is 12.7. The van der Waals surface area contributed by atoms with E-state index in [0.29, 0.717) is 0 Å². The van der Waals surface area contributed by atoms with Crippen LogP contribution in [0.15, 0.2) is 0 Å². The molecule has 14 heavy (non-hydrogen) atoms. The summed E-state index contributed by atoms with van der Waals surface area (Å²) >= 11 is 0. The zero-order chi connectivity index (χ0) is 10.8. The van der Waals surface area contributed by atoms with Crippen LogP contribution in [-0.2, 0) is 4.74 Å². The average molecular weight is 202 g/mol. The Kier molecular flexibility index (Phi) is 9.35. The third kappa shape index (κ3) is 8.48. The zero-order valence-corrected chi connectivity index (χ0v) is 9.96. The molecule has 1 aliphatic rings. The van der Waals surface area contributed by atoms with Crippen molar-refractivity contribution in [1.82, 2.24) is 4.90 Å². The van der Waals surface area contributed by atoms with Gasteiger partial charge in [-0.05, 0) is 18.9 Å². The number of nitrogens with two attached hydrogens (primary N) is 1. The molecule has 2 N–H and O–H groups in total. The molecular formula is C11H26N2O. The van der Waals surface area contributed by atoms with Gasteiger partial charge in [-0.25, -0.2) is 0 Å². The summed E-state index contributed by atoms with van der Waals surface area (Å²) in [5, 5.41) is 0. The molecule has 0 aromatic carbocycles. The van der Waals surface area contributed by atoms with Gasteiger partial charge in [0.2, 0.25) is 0 Å². The van der Waals surface area contributed by atoms with Crippen molar-refractivity contribution in [3.8, 4) is 0 Å². The first-order valence-corrected chi connectivity index (χ1v) is 5.70. The maximum absolute atomic E-state index is 5.24. The monoisotopic (exact) mass is 202 g/mol. The minimum Gasteiger partial charge on any atom is -0.379 e. The molecule has 1 fully saturated rings. The fourth-order valence-corrected chi connectivity index (χ4v) is 1.30. The van der Waals surface area contributed by atoms with Crippen LogP contribution in [0.2, 0.25) is 0 Å². The number of ether oxygens (including phenoxy) is 1.